The Balaban J connectivity index is 0.700. The van der Waals surface area contributed by atoms with E-state index < -0.39 is 41.5 Å². The molecule has 0 unspecified atom stereocenters. The van der Waals surface area contributed by atoms with E-state index >= 15 is 0 Å². The average molecular weight is 964 g/mol. The third-order valence-corrected chi connectivity index (χ3v) is 15.9. The third kappa shape index (κ3) is 9.40. The van der Waals surface area contributed by atoms with Crippen molar-refractivity contribution in [2.75, 3.05) is 50.8 Å². The van der Waals surface area contributed by atoms with Gasteiger partial charge in [-0.25, -0.2) is 14.8 Å². The number of terminal acetylenes is 1. The molecule has 0 radical (unpaired) electrons. The van der Waals surface area contributed by atoms with Gasteiger partial charge in [-0.15, -0.1) is 16.6 Å². The maximum Gasteiger partial charge on any atom is 0.318 e. The number of aromatic amines is 1. The number of H-pyrrole nitrogens is 1. The Morgan fingerprint density at radius 2 is 1.70 bits per heavy atom. The number of hydrogen-bond donors (Lipinski definition) is 6. The van der Waals surface area contributed by atoms with Crippen LogP contribution in [0.4, 0.5) is 10.7 Å². The highest BCUT2D eigenvalue weighted by molar-refractivity contribution is 5.93. The van der Waals surface area contributed by atoms with Crippen LogP contribution in [0.25, 0.3) is 22.3 Å². The second kappa shape index (κ2) is 19.2. The fourth-order valence-corrected chi connectivity index (χ4v) is 11.9. The molecule has 17 heteroatoms. The molecule has 4 fully saturated rings. The van der Waals surface area contributed by atoms with Crippen LogP contribution in [0, 0.1) is 23.2 Å². The van der Waals surface area contributed by atoms with E-state index in [1.54, 1.807) is 41.3 Å². The van der Waals surface area contributed by atoms with Crippen molar-refractivity contribution in [1.29, 1.82) is 0 Å². The van der Waals surface area contributed by atoms with Crippen LogP contribution in [0.1, 0.15) is 112 Å². The molecule has 4 aliphatic heterocycles. The number of hydrogen-bond acceptors (Lipinski definition) is 12. The van der Waals surface area contributed by atoms with Crippen LogP contribution in [0.15, 0.2) is 67.0 Å². The first-order valence-electron chi connectivity index (χ1n) is 25.1. The number of aliphatic hydroxyl groups is 2. The summed E-state index contributed by atoms with van der Waals surface area (Å²) in [6.45, 7) is 11.7. The summed E-state index contributed by atoms with van der Waals surface area (Å²) in [6, 6.07) is 14.1. The first kappa shape index (κ1) is 48.0. The number of amides is 4. The fraction of sp³-hybridized carbons (Fsp3) is 0.500. The molecule has 7 heterocycles. The number of carbonyl (C=O) groups is 3. The summed E-state index contributed by atoms with van der Waals surface area (Å²) in [6.07, 6.45) is 13.9. The largest absolute Gasteiger partial charge is 0.507 e. The van der Waals surface area contributed by atoms with Crippen LogP contribution in [0.2, 0.25) is 0 Å². The molecule has 4 amide bonds. The maximum absolute atomic E-state index is 14.3. The lowest BCUT2D eigenvalue weighted by molar-refractivity contribution is -0.142. The van der Waals surface area contributed by atoms with Gasteiger partial charge in [0.05, 0.1) is 23.9 Å². The highest BCUT2D eigenvalue weighted by atomic mass is 16.3. The minimum Gasteiger partial charge on any atom is -0.507 e. The summed E-state index contributed by atoms with van der Waals surface area (Å²) < 4.78 is 0. The quantitative estimate of drug-likeness (QED) is 0.0944. The van der Waals surface area contributed by atoms with Gasteiger partial charge < -0.3 is 50.5 Å². The highest BCUT2D eigenvalue weighted by Gasteiger charge is 2.56. The number of carbonyl (C=O) groups excluding carboxylic acids is 3. The van der Waals surface area contributed by atoms with Gasteiger partial charge in [-0.1, -0.05) is 51.0 Å². The molecular weight excluding hydrogens is 899 g/mol. The van der Waals surface area contributed by atoms with Crippen molar-refractivity contribution in [2.24, 2.45) is 10.8 Å². The standard InChI is InChI=1S/C54H65N11O6/c1-6-33-11-13-35(14-12-33)41(18-22-66)58-49(69)44-23-38(67)29-65(44)50(70)47(53(3,4)5)59-52(71)63-30-54(31-63)25-37(26-54)62-19-15-34(16-20-62)36-27-55-51(56-28-36)64-21-17-42-46(32(64)2)40-24-43(60-61-48(40)57-42)39-9-7-8-10-45(39)68/h1,7-14,24,27-28,32,34,37-38,41,44,47,66-68H,15-23,25-26,29-31H2,2-5H3,(H,57,61)(H,58,69)(H,59,71)/t32-,38-,41+,44+,47-/m1/s1. The molecule has 10 rings (SSSR count). The number of nitrogens with one attached hydrogen (secondary N) is 3. The number of nitrogens with zero attached hydrogens (tertiary/aromatic N) is 8. The number of aliphatic hydroxyl groups excluding tert-OH is 2. The predicted molar refractivity (Wildman–Crippen MR) is 268 cm³/mol. The van der Waals surface area contributed by atoms with Gasteiger partial charge in [0, 0.05) is 97.2 Å². The van der Waals surface area contributed by atoms with Gasteiger partial charge in [-0.2, -0.15) is 0 Å². The second-order valence-corrected chi connectivity index (χ2v) is 21.7. The summed E-state index contributed by atoms with van der Waals surface area (Å²) in [5.41, 5.74) is 6.32. The minimum absolute atomic E-state index is 0.00421. The van der Waals surface area contributed by atoms with Crippen LogP contribution < -0.4 is 15.5 Å². The van der Waals surface area contributed by atoms with Crippen molar-refractivity contribution in [1.82, 2.24) is 50.5 Å². The van der Waals surface area contributed by atoms with Gasteiger partial charge >= 0.3 is 6.03 Å². The summed E-state index contributed by atoms with van der Waals surface area (Å²) >= 11 is 0. The Labute approximate surface area is 414 Å². The number of fused-ring (bicyclic) bond motifs is 3. The summed E-state index contributed by atoms with van der Waals surface area (Å²) in [7, 11) is 0. The van der Waals surface area contributed by atoms with Gasteiger partial charge in [0.1, 0.15) is 17.8 Å². The first-order chi connectivity index (χ1) is 34.1. The Hall–Kier alpha value is -6.61. The summed E-state index contributed by atoms with van der Waals surface area (Å²) in [5.74, 6) is 2.99. The zero-order valence-electron chi connectivity index (χ0n) is 41.0. The number of urea groups is 1. The second-order valence-electron chi connectivity index (χ2n) is 21.7. The predicted octanol–water partition coefficient (Wildman–Crippen LogP) is 5.20. The number of aromatic nitrogens is 5. The van der Waals surface area contributed by atoms with E-state index in [4.69, 9.17) is 16.4 Å². The van der Waals surface area contributed by atoms with E-state index in [9.17, 15) is 29.7 Å². The molecule has 5 aliphatic rings. The van der Waals surface area contributed by atoms with Crippen LogP contribution >= 0.6 is 0 Å². The first-order valence-corrected chi connectivity index (χ1v) is 25.1. The Bertz CT molecular complexity index is 2820. The van der Waals surface area contributed by atoms with E-state index in [-0.39, 0.29) is 49.2 Å². The molecule has 1 aliphatic carbocycles. The number of benzene rings is 2. The number of likely N-dealkylation sites (tertiary alicyclic amines) is 3. The third-order valence-electron chi connectivity index (χ3n) is 15.9. The number of β-amino-alcohol motifs (C(OH)–C–C–N with tert-alkyl or cyclic N) is 1. The van der Waals surface area contributed by atoms with E-state index in [0.717, 1.165) is 79.6 Å². The zero-order valence-corrected chi connectivity index (χ0v) is 41.0. The van der Waals surface area contributed by atoms with Crippen LogP contribution in [-0.2, 0) is 16.0 Å². The van der Waals surface area contributed by atoms with Crippen molar-refractivity contribution in [2.45, 2.75) is 115 Å². The van der Waals surface area contributed by atoms with Crippen molar-refractivity contribution in [3.8, 4) is 29.4 Å². The Morgan fingerprint density at radius 3 is 2.38 bits per heavy atom. The van der Waals surface area contributed by atoms with Gasteiger partial charge in [0.15, 0.2) is 5.65 Å². The molecule has 71 heavy (non-hydrogen) atoms. The number of piperidine rings is 1. The minimum atomic E-state index is -0.945. The fourth-order valence-electron chi connectivity index (χ4n) is 11.9. The van der Waals surface area contributed by atoms with Crippen molar-refractivity contribution in [3.05, 3.63) is 94.9 Å². The normalized spacial score (nSPS) is 22.3. The van der Waals surface area contributed by atoms with Gasteiger partial charge in [0.25, 0.3) is 0 Å². The van der Waals surface area contributed by atoms with Crippen LogP contribution in [0.5, 0.6) is 5.75 Å². The van der Waals surface area contributed by atoms with Gasteiger partial charge in [-0.3, -0.25) is 9.59 Å². The van der Waals surface area contributed by atoms with Crippen molar-refractivity contribution >= 4 is 34.8 Å². The number of para-hydroxylation sites is 1. The highest BCUT2D eigenvalue weighted by Crippen LogP contribution is 2.51. The SMILES string of the molecule is C#Cc1ccc([C@H](CCO)NC(=O)[C@@H]2C[C@@H](O)CN2C(=O)[C@@H](NC(=O)N2CC3(CC(N4CCC(c5cnc(N6CCc7[nH]c8nnc(-c9ccccc9O)cc8c7[C@H]6C)nc5)CC4)C3)C2)C(C)(C)C)cc1. The molecule has 2 aromatic carbocycles. The lowest BCUT2D eigenvalue weighted by Crippen LogP contribution is -2.70. The Kier molecular flexibility index (Phi) is 13.0. The lowest BCUT2D eigenvalue weighted by Gasteiger charge is -2.61. The van der Waals surface area contributed by atoms with E-state index in [1.165, 1.54) is 10.5 Å². The molecule has 1 saturated carbocycles. The summed E-state index contributed by atoms with van der Waals surface area (Å²) in [4.78, 5) is 63.3. The molecule has 6 N–H and O–H groups in total. The number of anilines is 1. The maximum atomic E-state index is 14.3. The molecular formula is C54H65N11O6. The number of rotatable bonds is 11. The molecule has 1 spiro atoms. The lowest BCUT2D eigenvalue weighted by atomic mass is 9.60. The number of aromatic hydroxyl groups is 1. The van der Waals surface area contributed by atoms with Crippen molar-refractivity contribution < 1.29 is 29.7 Å². The molecule has 372 valence electrons. The zero-order chi connectivity index (χ0) is 49.8. The molecule has 3 aromatic heterocycles. The Morgan fingerprint density at radius 1 is 0.986 bits per heavy atom. The van der Waals surface area contributed by atoms with Gasteiger partial charge in [0.2, 0.25) is 17.8 Å². The molecule has 5 aromatic rings. The molecule has 3 saturated heterocycles. The van der Waals surface area contributed by atoms with E-state index in [1.807, 2.05) is 51.4 Å². The summed E-state index contributed by atoms with van der Waals surface area (Å²) in [5, 5.41) is 46.9. The molecule has 0 bridgehead atoms. The monoisotopic (exact) mass is 964 g/mol. The van der Waals surface area contributed by atoms with Crippen LogP contribution in [0.3, 0.4) is 0 Å². The van der Waals surface area contributed by atoms with E-state index in [2.05, 4.69) is 48.5 Å². The van der Waals surface area contributed by atoms with E-state index in [0.29, 0.717) is 47.8 Å². The van der Waals surface area contributed by atoms with Crippen LogP contribution in [-0.4, -0.2) is 143 Å². The topological polar surface area (TPSA) is 216 Å². The number of phenolic OH excluding ortho intramolecular Hbond substituents is 1. The number of phenols is 1. The van der Waals surface area contributed by atoms with Crippen molar-refractivity contribution in [3.63, 3.8) is 0 Å². The average Bonchev–Trinajstić information content (AvgIpc) is 3.93. The molecule has 17 nitrogen and oxygen atoms in total. The molecule has 5 atom stereocenters. The smallest absolute Gasteiger partial charge is 0.318 e. The van der Waals surface area contributed by atoms with Gasteiger partial charge in [-0.05, 0) is 105 Å².